The second-order valence-corrected chi connectivity index (χ2v) is 11.5. The van der Waals surface area contributed by atoms with Crippen molar-refractivity contribution in [3.8, 4) is 0 Å². The van der Waals surface area contributed by atoms with Crippen LogP contribution >= 0.6 is 0 Å². The Morgan fingerprint density at radius 3 is 2.42 bits per heavy atom. The van der Waals surface area contributed by atoms with E-state index in [1.54, 1.807) is 0 Å². The van der Waals surface area contributed by atoms with Crippen molar-refractivity contribution in [1.29, 1.82) is 0 Å². The fourth-order valence-corrected chi connectivity index (χ4v) is 6.18. The summed E-state index contributed by atoms with van der Waals surface area (Å²) in [5, 5.41) is 8.68. The number of hydrogen-bond acceptors (Lipinski definition) is 6. The van der Waals surface area contributed by atoms with Crippen molar-refractivity contribution in [2.75, 3.05) is 39.3 Å². The summed E-state index contributed by atoms with van der Waals surface area (Å²) in [6.45, 7) is 12.5. The van der Waals surface area contributed by atoms with E-state index in [9.17, 15) is 9.59 Å². The maximum absolute atomic E-state index is 13.3. The molecule has 1 aromatic heterocycles. The first-order chi connectivity index (χ1) is 17.2. The van der Waals surface area contributed by atoms with Gasteiger partial charge >= 0.3 is 0 Å². The Morgan fingerprint density at radius 2 is 1.78 bits per heavy atom. The molecular weight excluding hydrogens is 454 g/mol. The van der Waals surface area contributed by atoms with Gasteiger partial charge in [0.15, 0.2) is 0 Å². The number of aromatic nitrogens is 2. The predicted octanol–water partition coefficient (Wildman–Crippen LogP) is 4.10. The number of carbonyl (C=O) groups is 2. The third-order valence-electron chi connectivity index (χ3n) is 8.36. The molecule has 1 unspecified atom stereocenters. The van der Waals surface area contributed by atoms with Crippen molar-refractivity contribution in [1.82, 2.24) is 24.9 Å². The highest BCUT2D eigenvalue weighted by atomic mass is 16.4. The Hall–Kier alpha value is -2.74. The van der Waals surface area contributed by atoms with Crippen LogP contribution in [0.2, 0.25) is 0 Å². The van der Waals surface area contributed by atoms with E-state index < -0.39 is 0 Å². The largest absolute Gasteiger partial charge is 0.423 e. The number of rotatable bonds is 5. The Labute approximate surface area is 214 Å². The van der Waals surface area contributed by atoms with Gasteiger partial charge in [-0.15, -0.1) is 10.2 Å². The van der Waals surface area contributed by atoms with E-state index in [-0.39, 0.29) is 29.2 Å². The molecule has 0 bridgehead atoms. The summed E-state index contributed by atoms with van der Waals surface area (Å²) in [6, 6.07) is 5.98. The molecule has 8 heteroatoms. The van der Waals surface area contributed by atoms with Crippen molar-refractivity contribution in [2.45, 2.75) is 71.8 Å². The fraction of sp³-hybridized carbons (Fsp3) is 0.643. The first kappa shape index (κ1) is 24.9. The summed E-state index contributed by atoms with van der Waals surface area (Å²) < 4.78 is 6.09. The summed E-state index contributed by atoms with van der Waals surface area (Å²) in [5.74, 6) is 1.75. The van der Waals surface area contributed by atoms with E-state index >= 15 is 0 Å². The number of aryl methyl sites for hydroxylation is 2. The molecule has 5 rings (SSSR count). The van der Waals surface area contributed by atoms with Crippen LogP contribution in [0, 0.1) is 19.3 Å². The van der Waals surface area contributed by atoms with E-state index in [1.807, 2.05) is 42.7 Å². The average molecular weight is 494 g/mol. The van der Waals surface area contributed by atoms with Crippen molar-refractivity contribution in [2.24, 2.45) is 5.41 Å². The van der Waals surface area contributed by atoms with Crippen LogP contribution in [0.3, 0.4) is 0 Å². The van der Waals surface area contributed by atoms with Crippen molar-refractivity contribution in [3.05, 3.63) is 46.7 Å². The fourth-order valence-electron chi connectivity index (χ4n) is 6.18. The molecule has 3 aliphatic rings. The molecule has 0 aliphatic carbocycles. The lowest BCUT2D eigenvalue weighted by Crippen LogP contribution is -2.45. The SMILES string of the molecule is Cc1ccc(C(=O)N2CCC3(CC2)CC(c2nnc(C(C)C)o2)N(CC(=O)N2CCCC2)C3)c(C)c1. The molecule has 2 aromatic rings. The molecule has 1 aromatic carbocycles. The number of piperidine rings is 1. The number of nitrogens with zero attached hydrogens (tertiary/aromatic N) is 5. The van der Waals surface area contributed by atoms with Crippen LogP contribution in [0.25, 0.3) is 0 Å². The maximum atomic E-state index is 13.3. The van der Waals surface area contributed by atoms with E-state index in [2.05, 4.69) is 28.1 Å². The first-order valence-corrected chi connectivity index (χ1v) is 13.5. The molecule has 2 amide bonds. The Bertz CT molecular complexity index is 1110. The van der Waals surface area contributed by atoms with Gasteiger partial charge < -0.3 is 14.2 Å². The van der Waals surface area contributed by atoms with Gasteiger partial charge in [0.1, 0.15) is 0 Å². The summed E-state index contributed by atoms with van der Waals surface area (Å²) in [6.07, 6.45) is 4.89. The first-order valence-electron chi connectivity index (χ1n) is 13.5. The van der Waals surface area contributed by atoms with E-state index in [0.717, 1.165) is 76.0 Å². The lowest BCUT2D eigenvalue weighted by Gasteiger charge is -2.39. The van der Waals surface area contributed by atoms with Crippen molar-refractivity contribution in [3.63, 3.8) is 0 Å². The summed E-state index contributed by atoms with van der Waals surface area (Å²) in [4.78, 5) is 32.6. The lowest BCUT2D eigenvalue weighted by atomic mass is 9.76. The zero-order chi connectivity index (χ0) is 25.4. The quantitative estimate of drug-likeness (QED) is 0.624. The van der Waals surface area contributed by atoms with Gasteiger partial charge in [-0.2, -0.15) is 0 Å². The summed E-state index contributed by atoms with van der Waals surface area (Å²) in [5.41, 5.74) is 3.04. The second-order valence-electron chi connectivity index (χ2n) is 11.5. The molecule has 1 spiro atoms. The van der Waals surface area contributed by atoms with Crippen LogP contribution in [-0.4, -0.2) is 76.0 Å². The Morgan fingerprint density at radius 1 is 1.06 bits per heavy atom. The normalized spacial score (nSPS) is 22.2. The monoisotopic (exact) mass is 493 g/mol. The molecule has 3 saturated heterocycles. The van der Waals surface area contributed by atoms with Crippen LogP contribution in [-0.2, 0) is 4.79 Å². The van der Waals surface area contributed by atoms with Gasteiger partial charge in [-0.1, -0.05) is 31.5 Å². The van der Waals surface area contributed by atoms with Crippen LogP contribution in [0.15, 0.2) is 22.6 Å². The van der Waals surface area contributed by atoms with E-state index in [0.29, 0.717) is 18.3 Å². The minimum Gasteiger partial charge on any atom is -0.423 e. The van der Waals surface area contributed by atoms with Gasteiger partial charge in [0.2, 0.25) is 17.7 Å². The third-order valence-corrected chi connectivity index (χ3v) is 8.36. The number of carbonyl (C=O) groups excluding carboxylic acids is 2. The molecule has 4 heterocycles. The highest BCUT2D eigenvalue weighted by molar-refractivity contribution is 5.95. The number of hydrogen-bond donors (Lipinski definition) is 0. The zero-order valence-electron chi connectivity index (χ0n) is 22.1. The minimum atomic E-state index is -0.0573. The summed E-state index contributed by atoms with van der Waals surface area (Å²) >= 11 is 0. The maximum Gasteiger partial charge on any atom is 0.254 e. The van der Waals surface area contributed by atoms with Crippen molar-refractivity contribution < 1.29 is 14.0 Å². The Kier molecular flexibility index (Phi) is 6.90. The van der Waals surface area contributed by atoms with Gasteiger partial charge in [0.05, 0.1) is 12.6 Å². The predicted molar refractivity (Wildman–Crippen MR) is 137 cm³/mol. The molecule has 194 valence electrons. The highest BCUT2D eigenvalue weighted by Crippen LogP contribution is 2.49. The minimum absolute atomic E-state index is 0.0432. The standard InChI is InChI=1S/C28H39N5O3/c1-19(2)25-29-30-26(36-25)23-16-28(18-33(23)17-24(34)31-11-5-6-12-31)9-13-32(14-10-28)27(35)22-8-7-20(3)15-21(22)4/h7-8,15,19,23H,5-6,9-14,16-18H2,1-4H3. The molecule has 36 heavy (non-hydrogen) atoms. The van der Waals surface area contributed by atoms with Gasteiger partial charge in [-0.05, 0) is 63.0 Å². The molecule has 0 saturated carbocycles. The van der Waals surface area contributed by atoms with Crippen LogP contribution < -0.4 is 0 Å². The molecule has 3 aliphatic heterocycles. The number of likely N-dealkylation sites (tertiary alicyclic amines) is 3. The zero-order valence-corrected chi connectivity index (χ0v) is 22.1. The molecule has 0 radical (unpaired) electrons. The van der Waals surface area contributed by atoms with Crippen LogP contribution in [0.1, 0.15) is 91.2 Å². The van der Waals surface area contributed by atoms with Gasteiger partial charge in [-0.25, -0.2) is 0 Å². The molecule has 0 N–H and O–H groups in total. The molecule has 1 atom stereocenters. The second kappa shape index (κ2) is 9.96. The number of benzene rings is 1. The van der Waals surface area contributed by atoms with Crippen LogP contribution in [0.4, 0.5) is 0 Å². The van der Waals surface area contributed by atoms with Gasteiger partial charge in [0.25, 0.3) is 5.91 Å². The molecular formula is C28H39N5O3. The smallest absolute Gasteiger partial charge is 0.254 e. The average Bonchev–Trinajstić information content (AvgIpc) is 3.60. The molecule has 3 fully saturated rings. The highest BCUT2D eigenvalue weighted by Gasteiger charge is 2.49. The van der Waals surface area contributed by atoms with Crippen molar-refractivity contribution >= 4 is 11.8 Å². The van der Waals surface area contributed by atoms with Gasteiger partial charge in [0, 0.05) is 44.2 Å². The summed E-state index contributed by atoms with van der Waals surface area (Å²) in [7, 11) is 0. The topological polar surface area (TPSA) is 82.8 Å². The van der Waals surface area contributed by atoms with E-state index in [4.69, 9.17) is 4.42 Å². The van der Waals surface area contributed by atoms with E-state index in [1.165, 1.54) is 5.56 Å². The number of amides is 2. The van der Waals surface area contributed by atoms with Gasteiger partial charge in [-0.3, -0.25) is 14.5 Å². The lowest BCUT2D eigenvalue weighted by molar-refractivity contribution is -0.131. The molecule has 8 nitrogen and oxygen atoms in total. The Balaban J connectivity index is 1.31. The van der Waals surface area contributed by atoms with Crippen LogP contribution in [0.5, 0.6) is 0 Å². The third kappa shape index (κ3) is 4.92.